The van der Waals surface area contributed by atoms with Crippen LogP contribution in [-0.4, -0.2) is 32.5 Å². The third-order valence-electron chi connectivity index (χ3n) is 3.68. The van der Waals surface area contributed by atoms with Crippen LogP contribution in [0, 0.1) is 0 Å². The highest BCUT2D eigenvalue weighted by atomic mass is 32.2. The zero-order chi connectivity index (χ0) is 14.8. The molecule has 0 aliphatic carbocycles. The van der Waals surface area contributed by atoms with Crippen LogP contribution in [0.1, 0.15) is 18.9 Å². The highest BCUT2D eigenvalue weighted by Crippen LogP contribution is 2.30. The number of nitrogens with zero attached hydrogens (tertiary/aromatic N) is 4. The van der Waals surface area contributed by atoms with Crippen molar-refractivity contribution >= 4 is 23.4 Å². The van der Waals surface area contributed by atoms with Crippen molar-refractivity contribution < 1.29 is 4.79 Å². The lowest BCUT2D eigenvalue weighted by Crippen LogP contribution is -2.40. The van der Waals surface area contributed by atoms with Crippen LogP contribution < -0.4 is 4.90 Å². The minimum Gasteiger partial charge on any atom is -0.312 e. The van der Waals surface area contributed by atoms with Crippen LogP contribution in [0.3, 0.4) is 0 Å². The first-order chi connectivity index (χ1) is 10.2. The molecular formula is C15H18N4OS. The van der Waals surface area contributed by atoms with Crippen LogP contribution >= 0.6 is 11.8 Å². The van der Waals surface area contributed by atoms with Crippen molar-refractivity contribution in [2.24, 2.45) is 7.05 Å². The van der Waals surface area contributed by atoms with Gasteiger partial charge in [0.1, 0.15) is 6.33 Å². The van der Waals surface area contributed by atoms with E-state index in [0.29, 0.717) is 0 Å². The van der Waals surface area contributed by atoms with E-state index in [-0.39, 0.29) is 11.2 Å². The van der Waals surface area contributed by atoms with Crippen molar-refractivity contribution in [2.45, 2.75) is 30.2 Å². The number of amides is 1. The fourth-order valence-corrected chi connectivity index (χ4v) is 3.42. The standard InChI is InChI=1S/C15H18N4OS/c1-11(21-15-17-16-10-18(15)2)14(20)19-9-5-7-12-6-3-4-8-13(12)19/h3-4,6,8,10-11H,5,7,9H2,1-2H3. The van der Waals surface area contributed by atoms with Crippen molar-refractivity contribution in [1.29, 1.82) is 0 Å². The first-order valence-corrected chi connectivity index (χ1v) is 7.94. The number of carbonyl (C=O) groups excluding carboxylic acids is 1. The van der Waals surface area contributed by atoms with Crippen molar-refractivity contribution in [3.8, 4) is 0 Å². The lowest BCUT2D eigenvalue weighted by Gasteiger charge is -2.31. The maximum Gasteiger partial charge on any atom is 0.240 e. The molecular weight excluding hydrogens is 284 g/mol. The maximum absolute atomic E-state index is 12.7. The maximum atomic E-state index is 12.7. The Balaban J connectivity index is 1.78. The van der Waals surface area contributed by atoms with Gasteiger partial charge in [-0.2, -0.15) is 0 Å². The van der Waals surface area contributed by atoms with Gasteiger partial charge in [-0.1, -0.05) is 30.0 Å². The summed E-state index contributed by atoms with van der Waals surface area (Å²) in [5.74, 6) is 0.134. The van der Waals surface area contributed by atoms with Gasteiger partial charge in [0.15, 0.2) is 5.16 Å². The second kappa shape index (κ2) is 5.89. The zero-order valence-corrected chi connectivity index (χ0v) is 13.0. The summed E-state index contributed by atoms with van der Waals surface area (Å²) in [5, 5.41) is 8.47. The van der Waals surface area contributed by atoms with E-state index in [4.69, 9.17) is 0 Å². The molecule has 0 saturated heterocycles. The number of rotatable bonds is 3. The molecule has 1 unspecified atom stereocenters. The Morgan fingerprint density at radius 1 is 1.38 bits per heavy atom. The predicted octanol–water partition coefficient (Wildman–Crippen LogP) is 2.28. The van der Waals surface area contributed by atoms with Crippen LogP contribution in [-0.2, 0) is 18.3 Å². The van der Waals surface area contributed by atoms with Gasteiger partial charge in [0, 0.05) is 19.3 Å². The topological polar surface area (TPSA) is 51.0 Å². The van der Waals surface area contributed by atoms with Crippen LogP contribution in [0.2, 0.25) is 0 Å². The fraction of sp³-hybridized carbons (Fsp3) is 0.400. The Labute approximate surface area is 128 Å². The SMILES string of the molecule is CC(Sc1nncn1C)C(=O)N1CCCc2ccccc21. The van der Waals surface area contributed by atoms with E-state index in [1.54, 1.807) is 6.33 Å². The predicted molar refractivity (Wildman–Crippen MR) is 83.4 cm³/mol. The minimum absolute atomic E-state index is 0.134. The van der Waals surface area contributed by atoms with E-state index in [1.807, 2.05) is 41.6 Å². The second-order valence-corrected chi connectivity index (χ2v) is 6.51. The van der Waals surface area contributed by atoms with Gasteiger partial charge in [0.05, 0.1) is 5.25 Å². The van der Waals surface area contributed by atoms with Crippen LogP contribution in [0.25, 0.3) is 0 Å². The van der Waals surface area contributed by atoms with E-state index < -0.39 is 0 Å². The Kier molecular flexibility index (Phi) is 3.96. The first-order valence-electron chi connectivity index (χ1n) is 7.07. The number of fused-ring (bicyclic) bond motifs is 1. The molecule has 0 N–H and O–H groups in total. The van der Waals surface area contributed by atoms with Crippen molar-refractivity contribution in [1.82, 2.24) is 14.8 Å². The Morgan fingerprint density at radius 3 is 2.95 bits per heavy atom. The molecule has 0 spiro atoms. The minimum atomic E-state index is -0.181. The number of anilines is 1. The Morgan fingerprint density at radius 2 is 2.19 bits per heavy atom. The van der Waals surface area contributed by atoms with Gasteiger partial charge < -0.3 is 9.47 Å². The quantitative estimate of drug-likeness (QED) is 0.816. The summed E-state index contributed by atoms with van der Waals surface area (Å²) in [6, 6.07) is 8.16. The monoisotopic (exact) mass is 302 g/mol. The van der Waals surface area contributed by atoms with Crippen LogP contribution in [0.4, 0.5) is 5.69 Å². The number of aryl methyl sites for hydroxylation is 2. The third-order valence-corrected chi connectivity index (χ3v) is 4.81. The smallest absolute Gasteiger partial charge is 0.240 e. The van der Waals surface area contributed by atoms with Crippen molar-refractivity contribution in [2.75, 3.05) is 11.4 Å². The number of carbonyl (C=O) groups is 1. The van der Waals surface area contributed by atoms with Crippen molar-refractivity contribution in [3.05, 3.63) is 36.2 Å². The molecule has 110 valence electrons. The molecule has 1 amide bonds. The van der Waals surface area contributed by atoms with Gasteiger partial charge in [-0.15, -0.1) is 10.2 Å². The van der Waals surface area contributed by atoms with E-state index in [0.717, 1.165) is 30.2 Å². The Bertz CT molecular complexity index is 655. The highest BCUT2D eigenvalue weighted by Gasteiger charge is 2.27. The largest absolute Gasteiger partial charge is 0.312 e. The molecule has 1 aromatic heterocycles. The Hall–Kier alpha value is -1.82. The lowest BCUT2D eigenvalue weighted by molar-refractivity contribution is -0.117. The van der Waals surface area contributed by atoms with E-state index >= 15 is 0 Å². The van der Waals surface area contributed by atoms with Gasteiger partial charge in [-0.05, 0) is 31.4 Å². The first kappa shape index (κ1) is 14.1. The molecule has 0 bridgehead atoms. The molecule has 0 saturated carbocycles. The molecule has 0 radical (unpaired) electrons. The van der Waals surface area contributed by atoms with Crippen molar-refractivity contribution in [3.63, 3.8) is 0 Å². The summed E-state index contributed by atoms with van der Waals surface area (Å²) in [6.07, 6.45) is 3.71. The molecule has 2 aromatic rings. The fourth-order valence-electron chi connectivity index (χ4n) is 2.57. The molecule has 1 aromatic carbocycles. The number of hydrogen-bond acceptors (Lipinski definition) is 4. The highest BCUT2D eigenvalue weighted by molar-refractivity contribution is 8.00. The summed E-state index contributed by atoms with van der Waals surface area (Å²) in [5.41, 5.74) is 2.31. The summed E-state index contributed by atoms with van der Waals surface area (Å²) >= 11 is 1.45. The molecule has 3 rings (SSSR count). The molecule has 5 nitrogen and oxygen atoms in total. The third kappa shape index (κ3) is 2.81. The molecule has 0 fully saturated rings. The molecule has 21 heavy (non-hydrogen) atoms. The van der Waals surface area contributed by atoms with Gasteiger partial charge >= 0.3 is 0 Å². The molecule has 1 aliphatic heterocycles. The van der Waals surface area contributed by atoms with E-state index in [1.165, 1.54) is 17.3 Å². The summed E-state index contributed by atoms with van der Waals surface area (Å²) < 4.78 is 1.83. The number of thioether (sulfide) groups is 1. The number of hydrogen-bond donors (Lipinski definition) is 0. The van der Waals surface area contributed by atoms with E-state index in [2.05, 4.69) is 16.3 Å². The zero-order valence-electron chi connectivity index (χ0n) is 12.2. The second-order valence-electron chi connectivity index (χ2n) is 5.21. The van der Waals surface area contributed by atoms with Gasteiger partial charge in [0.2, 0.25) is 5.91 Å². The molecule has 6 heteroatoms. The average molecular weight is 302 g/mol. The summed E-state index contributed by atoms with van der Waals surface area (Å²) in [4.78, 5) is 14.7. The average Bonchev–Trinajstić information content (AvgIpc) is 2.91. The van der Waals surface area contributed by atoms with Gasteiger partial charge in [0.25, 0.3) is 0 Å². The number of para-hydroxylation sites is 1. The van der Waals surface area contributed by atoms with Crippen LogP contribution in [0.5, 0.6) is 0 Å². The lowest BCUT2D eigenvalue weighted by atomic mass is 10.0. The molecule has 2 heterocycles. The summed E-state index contributed by atoms with van der Waals surface area (Å²) in [7, 11) is 1.88. The summed E-state index contributed by atoms with van der Waals surface area (Å²) in [6.45, 7) is 2.72. The molecule has 1 aliphatic rings. The van der Waals surface area contributed by atoms with Crippen LogP contribution in [0.15, 0.2) is 35.7 Å². The molecule has 1 atom stereocenters. The van der Waals surface area contributed by atoms with Gasteiger partial charge in [-0.25, -0.2) is 0 Å². The van der Waals surface area contributed by atoms with Gasteiger partial charge in [-0.3, -0.25) is 4.79 Å². The normalized spacial score (nSPS) is 15.6. The number of benzene rings is 1. The number of aromatic nitrogens is 3. The van der Waals surface area contributed by atoms with E-state index in [9.17, 15) is 4.79 Å².